The number of benzene rings is 2. The van der Waals surface area contributed by atoms with Gasteiger partial charge in [-0.15, -0.1) is 0 Å². The number of hydrogen-bond donors (Lipinski definition) is 4. The lowest BCUT2D eigenvalue weighted by atomic mass is 9.85. The molecule has 4 N–H and O–H groups in total. The van der Waals surface area contributed by atoms with Crippen molar-refractivity contribution in [3.05, 3.63) is 106 Å². The number of aromatic nitrogens is 2. The van der Waals surface area contributed by atoms with Crippen LogP contribution in [0.1, 0.15) is 422 Å². The average molecular weight is 1570 g/mol. The first-order valence-electron chi connectivity index (χ1n) is 46.3. The molecule has 10 unspecified atom stereocenters. The zero-order chi connectivity index (χ0) is 84.2. The molecule has 114 heavy (non-hydrogen) atoms. The maximum atomic E-state index is 15.8. The quantitative estimate of drug-likeness (QED) is 0.0399. The molecule has 0 fully saturated rings. The smallest absolute Gasteiger partial charge is 0.254 e. The minimum absolute atomic E-state index is 0.0400. The number of unbranched alkanes of at least 4 members (excludes halogenated alkanes) is 8. The standard InChI is InChI=1S/C98H162N12O4/c1-23-39-47-69(31-9)64-107(79(35-13)51-43-27-5)93(111)73-55-74(94(112)108(80(36-14)52-44-28-6)65-70(32-10)48-40-24-2)58-77(57-73)103-105-91-85(97(17,18)19)61-83(89(91)99)87-63-88(102-68-101-87)84-62-86(98(20,21)22)92(90(84)100)106-104-78-59-75(95(113)109(81(37-15)53-45-29-7)66-71(33-11)49-41-25-3)56-76(60-78)96(114)110(82(38-16)54-46-30-8)67-72(34-12)50-42-26-4/h55-63,68-72,79-84,99-100,103-104H,23-54,64-67H2,1-22H3. The SMILES string of the molecule is CCCCC(CC)CN(C(=O)c1cc(NN=C2C(=N)C(c3cc(C4C=C(C(C)(C)C)C(=NNc5cc(C(=O)N(CC(CC)CCCC)C(CC)CCCC)cc(C(=O)N(CC(CC)CCCC)C(CC)CCCC)c5)C4=N)ncn3)C=C2C(C)(C)C)cc(C(=O)N(CC(CC)CCCC)C(CC)CCCC)c1)C(CC)CCCC. The first-order chi connectivity index (χ1) is 54.6. The van der Waals surface area contributed by atoms with Crippen molar-refractivity contribution in [3.8, 4) is 0 Å². The van der Waals surface area contributed by atoms with Gasteiger partial charge in [0.05, 0.1) is 46.0 Å². The number of rotatable bonds is 54. The fraction of sp³-hybridized carbons (Fsp3) is 0.714. The van der Waals surface area contributed by atoms with Crippen LogP contribution in [0.4, 0.5) is 11.4 Å². The summed E-state index contributed by atoms with van der Waals surface area (Å²) in [5.41, 5.74) is 13.0. The molecular weight excluding hydrogens is 1410 g/mol. The molecule has 0 saturated carbocycles. The van der Waals surface area contributed by atoms with Gasteiger partial charge in [0.15, 0.2) is 0 Å². The summed E-state index contributed by atoms with van der Waals surface area (Å²) < 4.78 is 0. The van der Waals surface area contributed by atoms with E-state index in [4.69, 9.17) is 20.2 Å². The van der Waals surface area contributed by atoms with Crippen LogP contribution >= 0.6 is 0 Å². The van der Waals surface area contributed by atoms with E-state index in [-0.39, 0.29) is 59.2 Å². The Kier molecular flexibility index (Phi) is 42.9. The van der Waals surface area contributed by atoms with Gasteiger partial charge in [0.25, 0.3) is 23.6 Å². The highest BCUT2D eigenvalue weighted by Gasteiger charge is 2.41. The normalized spacial score (nSPS) is 17.5. The molecule has 5 rings (SSSR count). The fourth-order valence-corrected chi connectivity index (χ4v) is 17.1. The van der Waals surface area contributed by atoms with Gasteiger partial charge in [-0.3, -0.25) is 30.0 Å². The van der Waals surface area contributed by atoms with Crippen LogP contribution in [0.25, 0.3) is 0 Å². The molecule has 16 heteroatoms. The highest BCUT2D eigenvalue weighted by atomic mass is 16.2. The molecule has 10 atom stereocenters. The van der Waals surface area contributed by atoms with Gasteiger partial charge in [-0.05, 0) is 165 Å². The largest absolute Gasteiger partial charge is 0.335 e. The van der Waals surface area contributed by atoms with Crippen LogP contribution in [-0.4, -0.2) is 126 Å². The van der Waals surface area contributed by atoms with Crippen molar-refractivity contribution in [3.63, 3.8) is 0 Å². The van der Waals surface area contributed by atoms with Gasteiger partial charge in [0.2, 0.25) is 0 Å². The van der Waals surface area contributed by atoms with Gasteiger partial charge in [0.1, 0.15) is 17.8 Å². The van der Waals surface area contributed by atoms with E-state index in [1.807, 2.05) is 42.5 Å². The van der Waals surface area contributed by atoms with E-state index in [9.17, 15) is 10.8 Å². The van der Waals surface area contributed by atoms with Gasteiger partial charge >= 0.3 is 0 Å². The third-order valence-electron chi connectivity index (χ3n) is 25.0. The zero-order valence-electron chi connectivity index (χ0n) is 76.2. The Bertz CT molecular complexity index is 3230. The van der Waals surface area contributed by atoms with Gasteiger partial charge in [-0.2, -0.15) is 10.2 Å². The summed E-state index contributed by atoms with van der Waals surface area (Å²) in [5.74, 6) is -0.155. The predicted molar refractivity (Wildman–Crippen MR) is 485 cm³/mol. The van der Waals surface area contributed by atoms with Crippen molar-refractivity contribution in [2.24, 2.45) is 44.7 Å². The van der Waals surface area contributed by atoms with Crippen LogP contribution in [0.15, 0.2) is 82.3 Å². The van der Waals surface area contributed by atoms with Crippen LogP contribution in [0.3, 0.4) is 0 Å². The average Bonchev–Trinajstić information content (AvgIpc) is 1.60. The first kappa shape index (κ1) is 97.7. The number of hydrazone groups is 2. The third kappa shape index (κ3) is 28.2. The molecule has 2 aliphatic rings. The van der Waals surface area contributed by atoms with Crippen LogP contribution in [-0.2, 0) is 0 Å². The second-order valence-electron chi connectivity index (χ2n) is 35.9. The van der Waals surface area contributed by atoms with E-state index in [2.05, 4.69) is 195 Å². The lowest BCUT2D eigenvalue weighted by molar-refractivity contribution is 0.0597. The van der Waals surface area contributed by atoms with E-state index in [0.717, 1.165) is 217 Å². The highest BCUT2D eigenvalue weighted by molar-refractivity contribution is 6.52. The molecule has 1 aromatic heterocycles. The minimum atomic E-state index is -0.627. The van der Waals surface area contributed by atoms with Crippen molar-refractivity contribution in [2.75, 3.05) is 37.0 Å². The van der Waals surface area contributed by atoms with Crippen LogP contribution in [0.5, 0.6) is 0 Å². The molecule has 0 saturated heterocycles. The highest BCUT2D eigenvalue weighted by Crippen LogP contribution is 2.42. The zero-order valence-corrected chi connectivity index (χ0v) is 76.2. The third-order valence-corrected chi connectivity index (χ3v) is 25.0. The Labute approximate surface area is 694 Å². The molecule has 2 aliphatic carbocycles. The van der Waals surface area contributed by atoms with Crippen LogP contribution < -0.4 is 10.9 Å². The van der Waals surface area contributed by atoms with E-state index in [1.165, 1.54) is 6.33 Å². The predicted octanol–water partition coefficient (Wildman–Crippen LogP) is 26.1. The number of hydrogen-bond acceptors (Lipinski definition) is 12. The summed E-state index contributed by atoms with van der Waals surface area (Å²) in [6.07, 6.45) is 37.7. The molecule has 638 valence electrons. The Morgan fingerprint density at radius 1 is 0.360 bits per heavy atom. The molecule has 3 aromatic rings. The Morgan fingerprint density at radius 2 is 0.596 bits per heavy atom. The van der Waals surface area contributed by atoms with Crippen molar-refractivity contribution in [1.82, 2.24) is 29.6 Å². The topological polar surface area (TPSA) is 204 Å². The van der Waals surface area contributed by atoms with Crippen molar-refractivity contribution < 1.29 is 19.2 Å². The van der Waals surface area contributed by atoms with E-state index in [1.54, 1.807) is 0 Å². The second-order valence-corrected chi connectivity index (χ2v) is 35.9. The lowest BCUT2D eigenvalue weighted by Gasteiger charge is -2.35. The van der Waals surface area contributed by atoms with Crippen molar-refractivity contribution in [2.45, 2.75) is 394 Å². The molecule has 1 heterocycles. The van der Waals surface area contributed by atoms with E-state index >= 15 is 19.2 Å². The minimum Gasteiger partial charge on any atom is -0.335 e. The number of nitrogens with zero attached hydrogens (tertiary/aromatic N) is 8. The van der Waals surface area contributed by atoms with Gasteiger partial charge < -0.3 is 30.4 Å². The summed E-state index contributed by atoms with van der Waals surface area (Å²) in [6, 6.07) is 13.3. The number of amides is 4. The number of anilines is 2. The lowest BCUT2D eigenvalue weighted by Crippen LogP contribution is -2.44. The second kappa shape index (κ2) is 50.0. The van der Waals surface area contributed by atoms with Crippen molar-refractivity contribution in [1.29, 1.82) is 10.8 Å². The monoisotopic (exact) mass is 1570 g/mol. The van der Waals surface area contributed by atoms with Gasteiger partial charge in [0, 0.05) is 72.6 Å². The molecule has 2 aromatic carbocycles. The maximum absolute atomic E-state index is 15.8. The molecule has 16 nitrogen and oxygen atoms in total. The molecule has 0 bridgehead atoms. The van der Waals surface area contributed by atoms with Crippen LogP contribution in [0.2, 0.25) is 0 Å². The molecule has 0 aliphatic heterocycles. The number of nitrogens with one attached hydrogen (secondary N) is 4. The Morgan fingerprint density at radius 3 is 0.807 bits per heavy atom. The Hall–Kier alpha value is -6.84. The van der Waals surface area contributed by atoms with E-state index < -0.39 is 22.7 Å². The number of allylic oxidation sites excluding steroid dienone is 4. The van der Waals surface area contributed by atoms with Crippen LogP contribution in [0, 0.1) is 45.3 Å². The summed E-state index contributed by atoms with van der Waals surface area (Å²) in [5, 5.41) is 30.7. The first-order valence-corrected chi connectivity index (χ1v) is 46.3. The fourth-order valence-electron chi connectivity index (χ4n) is 17.1. The maximum Gasteiger partial charge on any atom is 0.254 e. The summed E-state index contributed by atoms with van der Waals surface area (Å²) in [6.45, 7) is 50.9. The molecular formula is C98H162N12O4. The van der Waals surface area contributed by atoms with Crippen molar-refractivity contribution >= 4 is 57.9 Å². The summed E-state index contributed by atoms with van der Waals surface area (Å²) in [7, 11) is 0. The summed E-state index contributed by atoms with van der Waals surface area (Å²) >= 11 is 0. The molecule has 0 radical (unpaired) electrons. The Balaban J connectivity index is 1.68. The van der Waals surface area contributed by atoms with Gasteiger partial charge in [-0.25, -0.2) is 9.97 Å². The summed E-state index contributed by atoms with van der Waals surface area (Å²) in [4.78, 5) is 81.4. The number of carbonyl (C=O) groups excluding carboxylic acids is 4. The number of carbonyl (C=O) groups is 4. The van der Waals surface area contributed by atoms with Gasteiger partial charge in [-0.1, -0.05) is 293 Å². The molecule has 0 spiro atoms. The van der Waals surface area contributed by atoms with E-state index in [0.29, 0.717) is 106 Å². The molecule has 4 amide bonds.